The maximum Gasteiger partial charge on any atom is 0.234 e. The summed E-state index contributed by atoms with van der Waals surface area (Å²) >= 11 is 0. The van der Waals surface area contributed by atoms with Crippen LogP contribution in [-0.4, -0.2) is 87.2 Å². The summed E-state index contributed by atoms with van der Waals surface area (Å²) in [4.78, 5) is 21.0. The molecule has 0 aliphatic carbocycles. The number of rotatable bonds is 9. The fourth-order valence-electron chi connectivity index (χ4n) is 2.95. The molecule has 0 saturated carbocycles. The highest BCUT2D eigenvalue weighted by molar-refractivity contribution is 5.80. The maximum atomic E-state index is 11.9. The number of nitrogens with zero attached hydrogens (tertiary/aromatic N) is 3. The minimum Gasteiger partial charge on any atom is -0.469 e. The lowest BCUT2D eigenvalue weighted by Crippen LogP contribution is -2.54. The van der Waals surface area contributed by atoms with Gasteiger partial charge in [-0.2, -0.15) is 0 Å². The van der Waals surface area contributed by atoms with Crippen molar-refractivity contribution in [3.63, 3.8) is 0 Å². The minimum atomic E-state index is 0.0870. The zero-order valence-corrected chi connectivity index (χ0v) is 16.7. The van der Waals surface area contributed by atoms with E-state index in [1.54, 1.807) is 13.4 Å². The molecule has 1 aliphatic heterocycles. The maximum absolute atomic E-state index is 11.9. The van der Waals surface area contributed by atoms with E-state index >= 15 is 0 Å². The van der Waals surface area contributed by atoms with Crippen molar-refractivity contribution in [1.82, 2.24) is 20.4 Å². The normalized spacial score (nSPS) is 16.0. The number of carbonyl (C=O) groups is 1. The fraction of sp³-hybridized carbons (Fsp3) is 0.684. The van der Waals surface area contributed by atoms with Gasteiger partial charge >= 0.3 is 0 Å². The van der Waals surface area contributed by atoms with E-state index in [4.69, 9.17) is 9.15 Å². The number of nitrogens with one attached hydrogen (secondary N) is 2. The quantitative estimate of drug-likeness (QED) is 0.371. The Balaban J connectivity index is 1.81. The van der Waals surface area contributed by atoms with Gasteiger partial charge in [-0.15, -0.1) is 0 Å². The lowest BCUT2D eigenvalue weighted by Gasteiger charge is -2.36. The van der Waals surface area contributed by atoms with Crippen molar-refractivity contribution in [2.45, 2.75) is 26.3 Å². The average molecular weight is 380 g/mol. The van der Waals surface area contributed by atoms with Crippen LogP contribution >= 0.6 is 0 Å². The minimum absolute atomic E-state index is 0.0870. The van der Waals surface area contributed by atoms with E-state index in [9.17, 15) is 4.79 Å². The van der Waals surface area contributed by atoms with Crippen molar-refractivity contribution >= 4 is 11.9 Å². The SMILES string of the molecule is COCCN=C(NCCc1ccco1)N1CCN(CC(=O)NC(C)C)CC1. The first-order valence-electron chi connectivity index (χ1n) is 9.64. The number of furan rings is 1. The summed E-state index contributed by atoms with van der Waals surface area (Å²) in [6.45, 7) is 9.76. The predicted octanol–water partition coefficient (Wildman–Crippen LogP) is 0.556. The molecule has 27 heavy (non-hydrogen) atoms. The Bertz CT molecular complexity index is 566. The smallest absolute Gasteiger partial charge is 0.234 e. The highest BCUT2D eigenvalue weighted by Crippen LogP contribution is 2.04. The molecule has 2 heterocycles. The molecule has 152 valence electrons. The standard InChI is InChI=1S/C19H33N5O3/c1-16(2)22-18(25)15-23-9-11-24(12-10-23)19(21-8-14-26-3)20-7-6-17-5-4-13-27-17/h4-5,13,16H,6-12,14-15H2,1-3H3,(H,20,21)(H,22,25). The van der Waals surface area contributed by atoms with Crippen LogP contribution in [0.15, 0.2) is 27.8 Å². The molecular weight excluding hydrogens is 346 g/mol. The van der Waals surface area contributed by atoms with E-state index in [1.165, 1.54) is 0 Å². The summed E-state index contributed by atoms with van der Waals surface area (Å²) in [5.74, 6) is 1.94. The molecule has 1 amide bonds. The van der Waals surface area contributed by atoms with Gasteiger partial charge in [0.25, 0.3) is 0 Å². The number of amides is 1. The number of carbonyl (C=O) groups excluding carboxylic acids is 1. The van der Waals surface area contributed by atoms with Crippen molar-refractivity contribution in [1.29, 1.82) is 0 Å². The molecule has 1 fully saturated rings. The molecule has 0 aromatic carbocycles. The molecule has 0 bridgehead atoms. The second kappa shape index (κ2) is 11.6. The van der Waals surface area contributed by atoms with Gasteiger partial charge < -0.3 is 24.7 Å². The molecule has 0 atom stereocenters. The molecule has 2 N–H and O–H groups in total. The summed E-state index contributed by atoms with van der Waals surface area (Å²) in [6, 6.07) is 4.05. The van der Waals surface area contributed by atoms with Crippen LogP contribution < -0.4 is 10.6 Å². The second-order valence-corrected chi connectivity index (χ2v) is 6.94. The number of ether oxygens (including phenoxy) is 1. The Hall–Kier alpha value is -2.06. The third kappa shape index (κ3) is 8.01. The van der Waals surface area contributed by atoms with Crippen molar-refractivity contribution in [2.75, 3.05) is 59.5 Å². The average Bonchev–Trinajstić information content (AvgIpc) is 3.14. The molecule has 8 heteroatoms. The summed E-state index contributed by atoms with van der Waals surface area (Å²) in [5, 5.41) is 6.38. The number of hydrogen-bond donors (Lipinski definition) is 2. The molecule has 1 aliphatic rings. The number of piperazine rings is 1. The van der Waals surface area contributed by atoms with E-state index < -0.39 is 0 Å². The van der Waals surface area contributed by atoms with Crippen molar-refractivity contribution in [2.24, 2.45) is 4.99 Å². The number of hydrogen-bond acceptors (Lipinski definition) is 5. The van der Waals surface area contributed by atoms with E-state index in [0.717, 1.165) is 50.9 Å². The van der Waals surface area contributed by atoms with Crippen LogP contribution in [0.25, 0.3) is 0 Å². The van der Waals surface area contributed by atoms with Crippen LogP contribution in [0.5, 0.6) is 0 Å². The first kappa shape index (κ1) is 21.2. The molecule has 2 rings (SSSR count). The van der Waals surface area contributed by atoms with Gasteiger partial charge in [0, 0.05) is 52.3 Å². The third-order valence-electron chi connectivity index (χ3n) is 4.28. The number of guanidine groups is 1. The Labute approximate surface area is 161 Å². The Morgan fingerprint density at radius 2 is 2.11 bits per heavy atom. The molecule has 8 nitrogen and oxygen atoms in total. The Kier molecular flexibility index (Phi) is 9.13. The molecule has 0 unspecified atom stereocenters. The van der Waals surface area contributed by atoms with Gasteiger partial charge in [0.1, 0.15) is 5.76 Å². The van der Waals surface area contributed by atoms with E-state index in [2.05, 4.69) is 25.4 Å². The first-order chi connectivity index (χ1) is 13.1. The number of aliphatic imine (C=N–C) groups is 1. The molecule has 1 aromatic heterocycles. The summed E-state index contributed by atoms with van der Waals surface area (Å²) in [7, 11) is 1.68. The van der Waals surface area contributed by atoms with Gasteiger partial charge in [-0.3, -0.25) is 14.7 Å². The van der Waals surface area contributed by atoms with Gasteiger partial charge in [0.15, 0.2) is 5.96 Å². The van der Waals surface area contributed by atoms with Crippen molar-refractivity contribution < 1.29 is 13.9 Å². The Morgan fingerprint density at radius 1 is 1.33 bits per heavy atom. The second-order valence-electron chi connectivity index (χ2n) is 6.94. The van der Waals surface area contributed by atoms with Crippen LogP contribution in [0, 0.1) is 0 Å². The molecule has 0 radical (unpaired) electrons. The van der Waals surface area contributed by atoms with Crippen molar-refractivity contribution in [3.05, 3.63) is 24.2 Å². The van der Waals surface area contributed by atoms with Crippen molar-refractivity contribution in [3.8, 4) is 0 Å². The molecule has 1 aromatic rings. The number of methoxy groups -OCH3 is 1. The highest BCUT2D eigenvalue weighted by atomic mass is 16.5. The van der Waals surface area contributed by atoms with Crippen LogP contribution in [0.2, 0.25) is 0 Å². The van der Waals surface area contributed by atoms with Crippen LogP contribution in [0.1, 0.15) is 19.6 Å². The van der Waals surface area contributed by atoms with Gasteiger partial charge in [-0.25, -0.2) is 0 Å². The monoisotopic (exact) mass is 379 g/mol. The highest BCUT2D eigenvalue weighted by Gasteiger charge is 2.21. The fourth-order valence-corrected chi connectivity index (χ4v) is 2.95. The van der Waals surface area contributed by atoms with Gasteiger partial charge in [-0.1, -0.05) is 0 Å². The lowest BCUT2D eigenvalue weighted by molar-refractivity contribution is -0.123. The van der Waals surface area contributed by atoms with Crippen LogP contribution in [-0.2, 0) is 16.0 Å². The zero-order chi connectivity index (χ0) is 19.5. The third-order valence-corrected chi connectivity index (χ3v) is 4.28. The Morgan fingerprint density at radius 3 is 2.74 bits per heavy atom. The van der Waals surface area contributed by atoms with E-state index in [1.807, 2.05) is 26.0 Å². The van der Waals surface area contributed by atoms with Crippen LogP contribution in [0.3, 0.4) is 0 Å². The largest absolute Gasteiger partial charge is 0.469 e. The van der Waals surface area contributed by atoms with Crippen LogP contribution in [0.4, 0.5) is 0 Å². The summed E-state index contributed by atoms with van der Waals surface area (Å²) in [6.07, 6.45) is 2.50. The van der Waals surface area contributed by atoms with Gasteiger partial charge in [-0.05, 0) is 26.0 Å². The van der Waals surface area contributed by atoms with Gasteiger partial charge in [0.05, 0.1) is 26.0 Å². The lowest BCUT2D eigenvalue weighted by atomic mass is 10.3. The van der Waals surface area contributed by atoms with Gasteiger partial charge in [0.2, 0.25) is 5.91 Å². The first-order valence-corrected chi connectivity index (χ1v) is 9.64. The predicted molar refractivity (Wildman–Crippen MR) is 106 cm³/mol. The summed E-state index contributed by atoms with van der Waals surface area (Å²) < 4.78 is 10.5. The molecular formula is C19H33N5O3. The molecule has 1 saturated heterocycles. The summed E-state index contributed by atoms with van der Waals surface area (Å²) in [5.41, 5.74) is 0. The van der Waals surface area contributed by atoms with E-state index in [0.29, 0.717) is 19.7 Å². The van der Waals surface area contributed by atoms with E-state index in [-0.39, 0.29) is 11.9 Å². The zero-order valence-electron chi connectivity index (χ0n) is 16.7. The topological polar surface area (TPSA) is 82.3 Å². The molecule has 0 spiro atoms.